The molecule has 6 nitrogen and oxygen atoms in total. The predicted octanol–water partition coefficient (Wildman–Crippen LogP) is 4.92. The average molecular weight is 420 g/mol. The van der Waals surface area contributed by atoms with Crippen molar-refractivity contribution >= 4 is 17.2 Å². The van der Waals surface area contributed by atoms with E-state index in [0.717, 1.165) is 29.0 Å². The molecule has 0 spiro atoms. The van der Waals surface area contributed by atoms with E-state index in [1.54, 1.807) is 12.1 Å². The van der Waals surface area contributed by atoms with Crippen LogP contribution < -0.4 is 0 Å². The summed E-state index contributed by atoms with van der Waals surface area (Å²) in [5.41, 5.74) is 0.790. The summed E-state index contributed by atoms with van der Waals surface area (Å²) in [6.45, 7) is 0. The third-order valence-corrected chi connectivity index (χ3v) is 5.00. The molecule has 4 aromatic rings. The zero-order valence-corrected chi connectivity index (χ0v) is 15.6. The first-order valence-electron chi connectivity index (χ1n) is 8.91. The van der Waals surface area contributed by atoms with Gasteiger partial charge in [-0.1, -0.05) is 23.7 Å². The molecule has 0 amide bonds. The van der Waals surface area contributed by atoms with Crippen molar-refractivity contribution < 1.29 is 17.6 Å². The number of benzene rings is 1. The zero-order chi connectivity index (χ0) is 20.2. The van der Waals surface area contributed by atoms with Gasteiger partial charge >= 0.3 is 6.18 Å². The lowest BCUT2D eigenvalue weighted by atomic mass is 10.1. The molecule has 0 N–H and O–H groups in total. The number of alkyl halides is 3. The Hall–Kier alpha value is -2.94. The maximum atomic E-state index is 13.5. The quantitative estimate of drug-likeness (QED) is 0.469. The Labute approximate surface area is 167 Å². The van der Waals surface area contributed by atoms with E-state index in [9.17, 15) is 13.2 Å². The molecule has 3 heterocycles. The first-order valence-corrected chi connectivity index (χ1v) is 9.29. The molecule has 148 valence electrons. The standard InChI is InChI=1S/C19H13ClF3N5O/c20-12-5-1-10(2-6-12)7-16-26-27-18(29-16)13-9-24-28-15(19(21,22)23)8-14(11-3-4-11)25-17(13)28/h1-2,5-6,8-9,11H,3-4,7H2. The Morgan fingerprint density at radius 3 is 2.59 bits per heavy atom. The number of nitrogens with zero attached hydrogens (tertiary/aromatic N) is 5. The minimum Gasteiger partial charge on any atom is -0.420 e. The van der Waals surface area contributed by atoms with Gasteiger partial charge in [-0.2, -0.15) is 18.3 Å². The molecular formula is C19H13ClF3N5O. The van der Waals surface area contributed by atoms with E-state index in [2.05, 4.69) is 20.3 Å². The maximum Gasteiger partial charge on any atom is 0.433 e. The molecule has 0 bridgehead atoms. The molecule has 1 saturated carbocycles. The zero-order valence-electron chi connectivity index (χ0n) is 14.8. The monoisotopic (exact) mass is 419 g/mol. The van der Waals surface area contributed by atoms with Crippen molar-refractivity contribution in [1.29, 1.82) is 0 Å². The highest BCUT2D eigenvalue weighted by Crippen LogP contribution is 2.42. The second-order valence-electron chi connectivity index (χ2n) is 6.94. The second-order valence-corrected chi connectivity index (χ2v) is 7.37. The molecule has 0 saturated heterocycles. The molecular weight excluding hydrogens is 407 g/mol. The fourth-order valence-corrected chi connectivity index (χ4v) is 3.26. The van der Waals surface area contributed by atoms with Gasteiger partial charge in [0.25, 0.3) is 5.89 Å². The SMILES string of the molecule is FC(F)(F)c1cc(C2CC2)nc2c(-c3nnc(Cc4ccc(Cl)cc4)o3)cnn12. The van der Waals surface area contributed by atoms with Gasteiger partial charge in [0, 0.05) is 16.6 Å². The first kappa shape index (κ1) is 18.1. The number of rotatable bonds is 4. The van der Waals surface area contributed by atoms with Crippen LogP contribution in [0.15, 0.2) is 40.9 Å². The van der Waals surface area contributed by atoms with Crippen molar-refractivity contribution in [3.05, 3.63) is 64.4 Å². The van der Waals surface area contributed by atoms with Gasteiger partial charge in [0.1, 0.15) is 11.3 Å². The van der Waals surface area contributed by atoms with Crippen LogP contribution in [0.5, 0.6) is 0 Å². The third-order valence-electron chi connectivity index (χ3n) is 4.74. The smallest absolute Gasteiger partial charge is 0.420 e. The van der Waals surface area contributed by atoms with Crippen LogP contribution in [0.25, 0.3) is 17.1 Å². The molecule has 1 aliphatic carbocycles. The summed E-state index contributed by atoms with van der Waals surface area (Å²) >= 11 is 5.88. The normalized spacial score (nSPS) is 14.6. The van der Waals surface area contributed by atoms with Gasteiger partial charge in [-0.15, -0.1) is 10.2 Å². The van der Waals surface area contributed by atoms with E-state index < -0.39 is 11.9 Å². The van der Waals surface area contributed by atoms with Crippen LogP contribution in [0.1, 0.15) is 41.6 Å². The van der Waals surface area contributed by atoms with Crippen LogP contribution in [0.4, 0.5) is 13.2 Å². The van der Waals surface area contributed by atoms with Crippen molar-refractivity contribution in [2.45, 2.75) is 31.4 Å². The van der Waals surface area contributed by atoms with Gasteiger partial charge < -0.3 is 4.42 Å². The minimum atomic E-state index is -4.55. The average Bonchev–Trinajstić information content (AvgIpc) is 3.29. The topological polar surface area (TPSA) is 69.1 Å². The molecule has 0 atom stereocenters. The number of hydrogen-bond donors (Lipinski definition) is 0. The summed E-state index contributed by atoms with van der Waals surface area (Å²) in [5.74, 6) is 0.459. The van der Waals surface area contributed by atoms with E-state index in [4.69, 9.17) is 16.0 Å². The summed E-state index contributed by atoms with van der Waals surface area (Å²) in [4.78, 5) is 4.41. The fraction of sp³-hybridized carbons (Fsp3) is 0.263. The molecule has 1 fully saturated rings. The molecule has 0 unspecified atom stereocenters. The predicted molar refractivity (Wildman–Crippen MR) is 97.5 cm³/mol. The molecule has 1 aliphatic rings. The number of halogens is 4. The van der Waals surface area contributed by atoms with Crippen molar-refractivity contribution in [3.63, 3.8) is 0 Å². The fourth-order valence-electron chi connectivity index (χ4n) is 3.13. The molecule has 1 aromatic carbocycles. The van der Waals surface area contributed by atoms with E-state index in [0.29, 0.717) is 23.0 Å². The Balaban J connectivity index is 1.54. The molecule has 0 radical (unpaired) electrons. The Morgan fingerprint density at radius 2 is 1.90 bits per heavy atom. The van der Waals surface area contributed by atoms with Gasteiger partial charge in [-0.05, 0) is 36.6 Å². The van der Waals surface area contributed by atoms with Crippen molar-refractivity contribution in [2.75, 3.05) is 0 Å². The van der Waals surface area contributed by atoms with Crippen LogP contribution in [0.3, 0.4) is 0 Å². The van der Waals surface area contributed by atoms with Crippen LogP contribution in [-0.2, 0) is 12.6 Å². The van der Waals surface area contributed by atoms with Gasteiger partial charge in [0.2, 0.25) is 5.89 Å². The minimum absolute atomic E-state index is 0.0481. The highest BCUT2D eigenvalue weighted by atomic mass is 35.5. The molecule has 0 aliphatic heterocycles. The van der Waals surface area contributed by atoms with E-state index in [1.165, 1.54) is 6.20 Å². The third kappa shape index (κ3) is 3.46. The highest BCUT2D eigenvalue weighted by Gasteiger charge is 2.37. The maximum absolute atomic E-state index is 13.5. The van der Waals surface area contributed by atoms with Gasteiger partial charge in [-0.25, -0.2) is 9.50 Å². The van der Waals surface area contributed by atoms with E-state index in [1.807, 2.05) is 12.1 Å². The van der Waals surface area contributed by atoms with Crippen molar-refractivity contribution in [3.8, 4) is 11.5 Å². The summed E-state index contributed by atoms with van der Waals surface area (Å²) in [7, 11) is 0. The molecule has 29 heavy (non-hydrogen) atoms. The highest BCUT2D eigenvalue weighted by molar-refractivity contribution is 6.30. The van der Waals surface area contributed by atoms with Gasteiger partial charge in [-0.3, -0.25) is 0 Å². The lowest BCUT2D eigenvalue weighted by Crippen LogP contribution is -2.14. The first-order chi connectivity index (χ1) is 13.9. The number of hydrogen-bond acceptors (Lipinski definition) is 5. The van der Waals surface area contributed by atoms with Gasteiger partial charge in [0.15, 0.2) is 5.65 Å². The second kappa shape index (κ2) is 6.55. The Morgan fingerprint density at radius 1 is 1.14 bits per heavy atom. The summed E-state index contributed by atoms with van der Waals surface area (Å²) < 4.78 is 47.0. The van der Waals surface area contributed by atoms with E-state index in [-0.39, 0.29) is 23.0 Å². The largest absolute Gasteiger partial charge is 0.433 e. The Kier molecular flexibility index (Phi) is 4.09. The van der Waals surface area contributed by atoms with Crippen LogP contribution in [0, 0.1) is 0 Å². The van der Waals surface area contributed by atoms with Crippen LogP contribution in [-0.4, -0.2) is 24.8 Å². The number of fused-ring (bicyclic) bond motifs is 1. The van der Waals surface area contributed by atoms with E-state index >= 15 is 0 Å². The summed E-state index contributed by atoms with van der Waals surface area (Å²) in [6, 6.07) is 8.24. The summed E-state index contributed by atoms with van der Waals surface area (Å²) in [5, 5.41) is 12.5. The van der Waals surface area contributed by atoms with Gasteiger partial charge in [0.05, 0.1) is 12.6 Å². The lowest BCUT2D eigenvalue weighted by molar-refractivity contribution is -0.142. The molecule has 3 aromatic heterocycles. The van der Waals surface area contributed by atoms with Crippen molar-refractivity contribution in [2.24, 2.45) is 0 Å². The number of aromatic nitrogens is 5. The van der Waals surface area contributed by atoms with Crippen LogP contribution >= 0.6 is 11.6 Å². The van der Waals surface area contributed by atoms with Crippen LogP contribution in [0.2, 0.25) is 5.02 Å². The Bertz CT molecular complexity index is 1190. The lowest BCUT2D eigenvalue weighted by Gasteiger charge is -2.10. The summed E-state index contributed by atoms with van der Waals surface area (Å²) in [6.07, 6.45) is -1.25. The molecule has 10 heteroatoms. The molecule has 5 rings (SSSR count). The van der Waals surface area contributed by atoms with Crippen molar-refractivity contribution in [1.82, 2.24) is 24.8 Å².